The fourth-order valence-corrected chi connectivity index (χ4v) is 1.38. The molecule has 0 spiro atoms. The van der Waals surface area contributed by atoms with E-state index in [0.29, 0.717) is 6.42 Å². The fraction of sp³-hybridized carbons (Fsp3) is 0.385. The molecule has 0 fully saturated rings. The lowest BCUT2D eigenvalue weighted by atomic mass is 10.2. The van der Waals surface area contributed by atoms with Crippen molar-refractivity contribution < 1.29 is 9.59 Å². The van der Waals surface area contributed by atoms with E-state index in [0.717, 1.165) is 18.5 Å². The lowest BCUT2D eigenvalue weighted by Crippen LogP contribution is -2.47. The number of anilines is 1. The number of carbonyl (C=O) groups excluding carboxylic acids is 2. The van der Waals surface area contributed by atoms with E-state index >= 15 is 0 Å². The van der Waals surface area contributed by atoms with Crippen molar-refractivity contribution in [3.63, 3.8) is 0 Å². The predicted octanol–water partition coefficient (Wildman–Crippen LogP) is 2.05. The van der Waals surface area contributed by atoms with Gasteiger partial charge >= 0.3 is 6.03 Å². The topological polar surface area (TPSA) is 61.4 Å². The normalized spacial score (nSPS) is 9.67. The van der Waals surface area contributed by atoms with Crippen LogP contribution >= 0.6 is 0 Å². The molecule has 1 aromatic rings. The molecule has 0 saturated carbocycles. The second kappa shape index (κ2) is 7.32. The second-order valence-electron chi connectivity index (χ2n) is 3.98. The summed E-state index contributed by atoms with van der Waals surface area (Å²) in [7, 11) is 1.64. The minimum atomic E-state index is -0.369. The molecule has 5 nitrogen and oxygen atoms in total. The maximum Gasteiger partial charge on any atom is 0.340 e. The molecular weight excluding hydrogens is 230 g/mol. The van der Waals surface area contributed by atoms with Crippen LogP contribution in [0.1, 0.15) is 26.2 Å². The Labute approximate surface area is 107 Å². The van der Waals surface area contributed by atoms with Crippen LogP contribution < -0.4 is 15.8 Å². The maximum absolute atomic E-state index is 11.7. The zero-order chi connectivity index (χ0) is 13.4. The van der Waals surface area contributed by atoms with Crippen LogP contribution in [-0.2, 0) is 4.79 Å². The molecule has 0 bridgehead atoms. The van der Waals surface area contributed by atoms with Gasteiger partial charge in [0.15, 0.2) is 0 Å². The number of hydrogen-bond donors (Lipinski definition) is 2. The predicted molar refractivity (Wildman–Crippen MR) is 71.0 cm³/mol. The van der Waals surface area contributed by atoms with E-state index in [1.165, 1.54) is 4.90 Å². The molecule has 1 aromatic carbocycles. The van der Waals surface area contributed by atoms with Gasteiger partial charge < -0.3 is 0 Å². The Morgan fingerprint density at radius 3 is 2.44 bits per heavy atom. The number of benzene rings is 1. The molecule has 0 aliphatic rings. The average molecular weight is 249 g/mol. The third-order valence-corrected chi connectivity index (χ3v) is 2.51. The van der Waals surface area contributed by atoms with Gasteiger partial charge in [0.2, 0.25) is 5.91 Å². The van der Waals surface area contributed by atoms with Crippen LogP contribution in [0.2, 0.25) is 0 Å². The Hall–Kier alpha value is -2.04. The first-order chi connectivity index (χ1) is 8.65. The number of nitrogens with zero attached hydrogens (tertiary/aromatic N) is 1. The number of urea groups is 1. The summed E-state index contributed by atoms with van der Waals surface area (Å²) in [5, 5.41) is 0. The van der Waals surface area contributed by atoms with Gasteiger partial charge in [-0.25, -0.2) is 10.2 Å². The monoisotopic (exact) mass is 249 g/mol. The van der Waals surface area contributed by atoms with Crippen LogP contribution in [0.5, 0.6) is 0 Å². The molecule has 0 saturated heterocycles. The summed E-state index contributed by atoms with van der Waals surface area (Å²) in [4.78, 5) is 24.5. The first-order valence-corrected chi connectivity index (χ1v) is 6.02. The van der Waals surface area contributed by atoms with E-state index in [1.807, 2.05) is 37.3 Å². The van der Waals surface area contributed by atoms with Crippen LogP contribution in [0.4, 0.5) is 10.5 Å². The SMILES string of the molecule is CCCCC(=O)NNC(=O)N(C)c1ccccc1. The molecule has 18 heavy (non-hydrogen) atoms. The molecule has 0 atom stereocenters. The highest BCUT2D eigenvalue weighted by Crippen LogP contribution is 2.10. The van der Waals surface area contributed by atoms with Crippen molar-refractivity contribution in [1.29, 1.82) is 0 Å². The van der Waals surface area contributed by atoms with E-state index in [1.54, 1.807) is 7.05 Å². The second-order valence-corrected chi connectivity index (χ2v) is 3.98. The van der Waals surface area contributed by atoms with Crippen molar-refractivity contribution in [2.45, 2.75) is 26.2 Å². The van der Waals surface area contributed by atoms with Gasteiger partial charge in [-0.2, -0.15) is 0 Å². The number of hydrazine groups is 1. The Morgan fingerprint density at radius 2 is 1.83 bits per heavy atom. The van der Waals surface area contributed by atoms with Crippen LogP contribution in [-0.4, -0.2) is 19.0 Å². The highest BCUT2D eigenvalue weighted by molar-refractivity contribution is 5.92. The Bertz CT molecular complexity index is 392. The summed E-state index contributed by atoms with van der Waals surface area (Å²) >= 11 is 0. The summed E-state index contributed by atoms with van der Waals surface area (Å²) < 4.78 is 0. The van der Waals surface area contributed by atoms with E-state index in [4.69, 9.17) is 0 Å². The van der Waals surface area contributed by atoms with Gasteiger partial charge in [0.25, 0.3) is 0 Å². The zero-order valence-electron chi connectivity index (χ0n) is 10.8. The molecule has 0 aliphatic carbocycles. The van der Waals surface area contributed by atoms with Gasteiger partial charge in [-0.05, 0) is 18.6 Å². The van der Waals surface area contributed by atoms with Gasteiger partial charge in [-0.1, -0.05) is 31.5 Å². The summed E-state index contributed by atoms with van der Waals surface area (Å²) in [5.41, 5.74) is 5.53. The first kappa shape index (κ1) is 14.0. The molecule has 0 unspecified atom stereocenters. The van der Waals surface area contributed by atoms with Gasteiger partial charge in [0, 0.05) is 19.2 Å². The molecular formula is C13H19N3O2. The minimum Gasteiger partial charge on any atom is -0.296 e. The molecule has 0 aromatic heterocycles. The van der Waals surface area contributed by atoms with Crippen LogP contribution in [0, 0.1) is 0 Å². The van der Waals surface area contributed by atoms with Crippen LogP contribution in [0.3, 0.4) is 0 Å². The number of para-hydroxylation sites is 1. The molecule has 1 rings (SSSR count). The molecule has 0 heterocycles. The zero-order valence-corrected chi connectivity index (χ0v) is 10.8. The fourth-order valence-electron chi connectivity index (χ4n) is 1.38. The summed E-state index contributed by atoms with van der Waals surface area (Å²) in [6.07, 6.45) is 2.19. The van der Waals surface area contributed by atoms with Crippen molar-refractivity contribution in [2.75, 3.05) is 11.9 Å². The quantitative estimate of drug-likeness (QED) is 0.802. The van der Waals surface area contributed by atoms with E-state index in [2.05, 4.69) is 10.9 Å². The standard InChI is InChI=1S/C13H19N3O2/c1-3-4-10-12(17)14-15-13(18)16(2)11-8-6-5-7-9-11/h5-9H,3-4,10H2,1-2H3,(H,14,17)(H,15,18). The number of unbranched alkanes of at least 4 members (excludes halogenated alkanes) is 1. The first-order valence-electron chi connectivity index (χ1n) is 6.02. The maximum atomic E-state index is 11.7. The Morgan fingerprint density at radius 1 is 1.17 bits per heavy atom. The Kier molecular flexibility index (Phi) is 5.70. The highest BCUT2D eigenvalue weighted by Gasteiger charge is 2.10. The van der Waals surface area contributed by atoms with Crippen LogP contribution in [0.15, 0.2) is 30.3 Å². The van der Waals surface area contributed by atoms with Crippen molar-refractivity contribution in [2.24, 2.45) is 0 Å². The lowest BCUT2D eigenvalue weighted by Gasteiger charge is -2.18. The number of hydrogen-bond acceptors (Lipinski definition) is 2. The minimum absolute atomic E-state index is 0.174. The smallest absolute Gasteiger partial charge is 0.296 e. The largest absolute Gasteiger partial charge is 0.340 e. The van der Waals surface area contributed by atoms with Crippen molar-refractivity contribution in [1.82, 2.24) is 10.9 Å². The van der Waals surface area contributed by atoms with Crippen LogP contribution in [0.25, 0.3) is 0 Å². The third kappa shape index (κ3) is 4.45. The molecule has 0 aliphatic heterocycles. The highest BCUT2D eigenvalue weighted by atomic mass is 16.2. The number of carbonyl (C=O) groups is 2. The van der Waals surface area contributed by atoms with E-state index < -0.39 is 0 Å². The van der Waals surface area contributed by atoms with Gasteiger partial charge in [0.05, 0.1) is 0 Å². The number of rotatable bonds is 4. The molecule has 2 N–H and O–H groups in total. The lowest BCUT2D eigenvalue weighted by molar-refractivity contribution is -0.121. The van der Waals surface area contributed by atoms with Crippen molar-refractivity contribution in [3.8, 4) is 0 Å². The van der Waals surface area contributed by atoms with E-state index in [-0.39, 0.29) is 11.9 Å². The molecule has 3 amide bonds. The van der Waals surface area contributed by atoms with Crippen molar-refractivity contribution in [3.05, 3.63) is 30.3 Å². The average Bonchev–Trinajstić information content (AvgIpc) is 2.42. The summed E-state index contributed by atoms with van der Waals surface area (Å²) in [6.45, 7) is 2.01. The van der Waals surface area contributed by atoms with Crippen molar-refractivity contribution >= 4 is 17.6 Å². The van der Waals surface area contributed by atoms with Gasteiger partial charge in [-0.3, -0.25) is 15.1 Å². The molecule has 98 valence electrons. The number of nitrogens with one attached hydrogen (secondary N) is 2. The summed E-state index contributed by atoms with van der Waals surface area (Å²) in [5.74, 6) is -0.174. The van der Waals surface area contributed by atoms with Gasteiger partial charge in [-0.15, -0.1) is 0 Å². The third-order valence-electron chi connectivity index (χ3n) is 2.51. The van der Waals surface area contributed by atoms with Gasteiger partial charge in [0.1, 0.15) is 0 Å². The number of amides is 3. The Balaban J connectivity index is 2.39. The molecule has 0 radical (unpaired) electrons. The summed E-state index contributed by atoms with van der Waals surface area (Å²) in [6, 6.07) is 8.84. The molecule has 5 heteroatoms. The van der Waals surface area contributed by atoms with E-state index in [9.17, 15) is 9.59 Å².